The first-order valence-electron chi connectivity index (χ1n) is 5.12. The van der Waals surface area contributed by atoms with Gasteiger partial charge < -0.3 is 7.85 Å². The Morgan fingerprint density at radius 3 is 2.36 bits per heavy atom. The molecule has 0 bridgehead atoms. The predicted octanol–water partition coefficient (Wildman–Crippen LogP) is 2.93. The van der Waals surface area contributed by atoms with Gasteiger partial charge in [0, 0.05) is 0 Å². The minimum atomic E-state index is 0.536. The molecule has 3 radical (unpaired) electrons. The highest BCUT2D eigenvalue weighted by atomic mass is 14.3. The Labute approximate surface area is 71.2 Å². The van der Waals surface area contributed by atoms with E-state index in [1.54, 1.807) is 0 Å². The van der Waals surface area contributed by atoms with E-state index in [-0.39, 0.29) is 0 Å². The lowest BCUT2D eigenvalue weighted by atomic mass is 9.62. The first-order chi connectivity index (χ1) is 5.36. The van der Waals surface area contributed by atoms with Crippen LogP contribution in [0.5, 0.6) is 0 Å². The Bertz CT molecular complexity index is 133. The highest BCUT2D eigenvalue weighted by Gasteiger charge is 2.26. The summed E-state index contributed by atoms with van der Waals surface area (Å²) in [5, 5.41) is 0. The molecule has 2 aliphatic rings. The second-order valence-electron chi connectivity index (χ2n) is 4.38. The van der Waals surface area contributed by atoms with Gasteiger partial charge in [0.1, 0.15) is 0 Å². The topological polar surface area (TPSA) is 0 Å². The van der Waals surface area contributed by atoms with Gasteiger partial charge in [-0.25, -0.2) is 0 Å². The quantitative estimate of drug-likeness (QED) is 0.463. The molecule has 3 atom stereocenters. The highest BCUT2D eigenvalue weighted by Crippen LogP contribution is 2.43. The molecule has 0 nitrogen and oxygen atoms in total. The summed E-state index contributed by atoms with van der Waals surface area (Å²) in [6.07, 6.45) is 9.96. The molecule has 2 saturated carbocycles. The third kappa shape index (κ3) is 1.63. The Balaban J connectivity index is 1.93. The normalized spacial score (nSPS) is 45.0. The van der Waals surface area contributed by atoms with Crippen LogP contribution in [-0.4, -0.2) is 7.85 Å². The fourth-order valence-corrected chi connectivity index (χ4v) is 2.91. The van der Waals surface area contributed by atoms with Crippen LogP contribution in [-0.2, 0) is 0 Å². The van der Waals surface area contributed by atoms with Crippen LogP contribution in [0.1, 0.15) is 44.9 Å². The second kappa shape index (κ2) is 3.20. The SMILES string of the molecule is [B-]C1CCC2CCCCC2C1. The molecule has 3 unspecified atom stereocenters. The smallest absolute Gasteiger partial charge is 0.0388 e. The molecule has 0 saturated heterocycles. The van der Waals surface area contributed by atoms with E-state index in [4.69, 9.17) is 7.85 Å². The summed E-state index contributed by atoms with van der Waals surface area (Å²) in [7, 11) is 5.94. The minimum absolute atomic E-state index is 0.536. The van der Waals surface area contributed by atoms with Crippen LogP contribution in [0.3, 0.4) is 0 Å². The van der Waals surface area contributed by atoms with Crippen molar-refractivity contribution in [1.82, 2.24) is 0 Å². The van der Waals surface area contributed by atoms with Gasteiger partial charge >= 0.3 is 0 Å². The summed E-state index contributed by atoms with van der Waals surface area (Å²) in [6.45, 7) is 0. The van der Waals surface area contributed by atoms with Gasteiger partial charge in [-0.2, -0.15) is 0 Å². The van der Waals surface area contributed by atoms with Crippen LogP contribution in [0, 0.1) is 11.8 Å². The van der Waals surface area contributed by atoms with Gasteiger partial charge in [-0.3, -0.25) is 5.82 Å². The van der Waals surface area contributed by atoms with Crippen LogP contribution in [0.2, 0.25) is 5.82 Å². The molecule has 0 aromatic heterocycles. The summed E-state index contributed by atoms with van der Waals surface area (Å²) < 4.78 is 0. The van der Waals surface area contributed by atoms with Gasteiger partial charge in [-0.05, 0) is 11.8 Å². The summed E-state index contributed by atoms with van der Waals surface area (Å²) in [5.41, 5.74) is 0. The maximum absolute atomic E-state index is 5.94. The molecular formula is C10H17B-. The standard InChI is InChI=1S/C10H17B/c11-10-6-5-8-3-1-2-4-9(8)7-10/h8-10H,1-7H2/q-1. The molecule has 11 heavy (non-hydrogen) atoms. The molecule has 2 aliphatic carbocycles. The fraction of sp³-hybridized carbons (Fsp3) is 1.00. The van der Waals surface area contributed by atoms with E-state index in [0.29, 0.717) is 5.82 Å². The molecule has 0 aliphatic heterocycles. The van der Waals surface area contributed by atoms with Gasteiger partial charge in [-0.15, -0.1) is 0 Å². The average molecular weight is 148 g/mol. The summed E-state index contributed by atoms with van der Waals surface area (Å²) in [4.78, 5) is 0. The zero-order chi connectivity index (χ0) is 7.68. The highest BCUT2D eigenvalue weighted by molar-refractivity contribution is 6.11. The van der Waals surface area contributed by atoms with E-state index >= 15 is 0 Å². The van der Waals surface area contributed by atoms with E-state index < -0.39 is 0 Å². The minimum Gasteiger partial charge on any atom is -0.622 e. The van der Waals surface area contributed by atoms with E-state index in [1.165, 1.54) is 44.9 Å². The first-order valence-corrected chi connectivity index (χ1v) is 5.12. The van der Waals surface area contributed by atoms with Crippen molar-refractivity contribution >= 4 is 7.85 Å². The second-order valence-corrected chi connectivity index (χ2v) is 4.38. The maximum Gasteiger partial charge on any atom is -0.0388 e. The van der Waals surface area contributed by atoms with E-state index in [2.05, 4.69) is 0 Å². The fourth-order valence-electron chi connectivity index (χ4n) is 2.91. The monoisotopic (exact) mass is 148 g/mol. The van der Waals surface area contributed by atoms with Crippen LogP contribution in [0.4, 0.5) is 0 Å². The third-order valence-corrected chi connectivity index (χ3v) is 3.58. The average Bonchev–Trinajstić information content (AvgIpc) is 2.04. The maximum atomic E-state index is 5.94. The molecule has 2 fully saturated rings. The van der Waals surface area contributed by atoms with Crippen molar-refractivity contribution < 1.29 is 0 Å². The van der Waals surface area contributed by atoms with Gasteiger partial charge in [0.25, 0.3) is 0 Å². The molecule has 0 amide bonds. The Kier molecular flexibility index (Phi) is 2.24. The van der Waals surface area contributed by atoms with Crippen LogP contribution in [0.15, 0.2) is 0 Å². The van der Waals surface area contributed by atoms with Gasteiger partial charge in [0.15, 0.2) is 0 Å². The molecule has 61 valence electrons. The molecule has 0 N–H and O–H groups in total. The lowest BCUT2D eigenvalue weighted by Gasteiger charge is -2.43. The molecule has 0 heterocycles. The van der Waals surface area contributed by atoms with Crippen molar-refractivity contribution in [1.29, 1.82) is 0 Å². The van der Waals surface area contributed by atoms with Gasteiger partial charge in [-0.1, -0.05) is 44.9 Å². The molecule has 0 aromatic carbocycles. The molecule has 0 aromatic rings. The van der Waals surface area contributed by atoms with Crippen LogP contribution in [0.25, 0.3) is 0 Å². The number of fused-ring (bicyclic) bond motifs is 1. The molecule has 0 spiro atoms. The first kappa shape index (κ1) is 7.70. The van der Waals surface area contributed by atoms with Crippen LogP contribution >= 0.6 is 0 Å². The van der Waals surface area contributed by atoms with Crippen molar-refractivity contribution in [3.63, 3.8) is 0 Å². The lowest BCUT2D eigenvalue weighted by Crippen LogP contribution is -2.25. The predicted molar refractivity (Wildman–Crippen MR) is 48.8 cm³/mol. The van der Waals surface area contributed by atoms with Gasteiger partial charge in [0.05, 0.1) is 0 Å². The Morgan fingerprint density at radius 1 is 0.818 bits per heavy atom. The van der Waals surface area contributed by atoms with Crippen molar-refractivity contribution in [3.05, 3.63) is 0 Å². The van der Waals surface area contributed by atoms with Gasteiger partial charge in [0.2, 0.25) is 0 Å². The molecular weight excluding hydrogens is 131 g/mol. The molecule has 1 heteroatoms. The largest absolute Gasteiger partial charge is 0.622 e. The number of rotatable bonds is 0. The zero-order valence-corrected chi connectivity index (χ0v) is 7.26. The Hall–Kier alpha value is 0.0649. The number of hydrogen-bond donors (Lipinski definition) is 0. The summed E-state index contributed by atoms with van der Waals surface area (Å²) in [5.74, 6) is 2.60. The van der Waals surface area contributed by atoms with E-state index in [9.17, 15) is 0 Å². The van der Waals surface area contributed by atoms with Crippen molar-refractivity contribution in [2.75, 3.05) is 0 Å². The Morgan fingerprint density at radius 2 is 1.55 bits per heavy atom. The van der Waals surface area contributed by atoms with Crippen molar-refractivity contribution in [2.45, 2.75) is 50.8 Å². The van der Waals surface area contributed by atoms with Crippen molar-refractivity contribution in [3.8, 4) is 0 Å². The summed E-state index contributed by atoms with van der Waals surface area (Å²) in [6, 6.07) is 0. The van der Waals surface area contributed by atoms with E-state index in [0.717, 1.165) is 11.8 Å². The lowest BCUT2D eigenvalue weighted by molar-refractivity contribution is 0.172. The van der Waals surface area contributed by atoms with E-state index in [1.807, 2.05) is 0 Å². The van der Waals surface area contributed by atoms with Crippen LogP contribution < -0.4 is 0 Å². The number of hydrogen-bond acceptors (Lipinski definition) is 0. The molecule has 2 rings (SSSR count). The van der Waals surface area contributed by atoms with Crippen molar-refractivity contribution in [2.24, 2.45) is 11.8 Å². The third-order valence-electron chi connectivity index (χ3n) is 3.58. The zero-order valence-electron chi connectivity index (χ0n) is 7.26. The summed E-state index contributed by atoms with van der Waals surface area (Å²) >= 11 is 0.